The monoisotopic (exact) mass is 406 g/mol. The molecule has 9 nitrogen and oxygen atoms in total. The quantitative estimate of drug-likeness (QED) is 0.289. The normalized spacial score (nSPS) is 17.8. The lowest BCUT2D eigenvalue weighted by Crippen LogP contribution is -2.36. The van der Waals surface area contributed by atoms with Gasteiger partial charge in [-0.2, -0.15) is 8.42 Å². The molecule has 1 aromatic heterocycles. The Morgan fingerprint density at radius 3 is 2.76 bits per heavy atom. The number of hydroxylamine groups is 2. The van der Waals surface area contributed by atoms with Gasteiger partial charge in [-0.15, -0.1) is 5.06 Å². The van der Waals surface area contributed by atoms with Crippen LogP contribution in [0, 0.1) is 0 Å². The van der Waals surface area contributed by atoms with Crippen molar-refractivity contribution in [3.05, 3.63) is 24.4 Å². The average molecular weight is 406 g/mol. The van der Waals surface area contributed by atoms with Gasteiger partial charge in [0.15, 0.2) is 5.25 Å². The van der Waals surface area contributed by atoms with Crippen molar-refractivity contribution in [2.45, 2.75) is 29.5 Å². The lowest BCUT2D eigenvalue weighted by molar-refractivity contribution is -0.197. The van der Waals surface area contributed by atoms with Crippen LogP contribution in [0.2, 0.25) is 0 Å². The van der Waals surface area contributed by atoms with E-state index in [0.29, 0.717) is 12.2 Å². The minimum atomic E-state index is -4.72. The second-order valence-electron chi connectivity index (χ2n) is 4.87. The van der Waals surface area contributed by atoms with Gasteiger partial charge < -0.3 is 4.84 Å². The van der Waals surface area contributed by atoms with E-state index in [1.54, 1.807) is 12.3 Å². The van der Waals surface area contributed by atoms with E-state index in [2.05, 4.69) is 9.82 Å². The summed E-state index contributed by atoms with van der Waals surface area (Å²) in [7, 11) is -1.79. The molecular formula is C13H14N2O7S3. The minimum Gasteiger partial charge on any atom is -0.330 e. The summed E-state index contributed by atoms with van der Waals surface area (Å²) < 4.78 is 30.8. The predicted octanol–water partition coefficient (Wildman–Crippen LogP) is 1.08. The van der Waals surface area contributed by atoms with Crippen LogP contribution < -0.4 is 0 Å². The Kier molecular flexibility index (Phi) is 6.81. The van der Waals surface area contributed by atoms with Crippen molar-refractivity contribution in [1.29, 1.82) is 0 Å². The van der Waals surface area contributed by atoms with Gasteiger partial charge in [0.1, 0.15) is 5.03 Å². The molecule has 1 aliphatic heterocycles. The van der Waals surface area contributed by atoms with Crippen molar-refractivity contribution in [3.63, 3.8) is 0 Å². The largest absolute Gasteiger partial charge is 0.333 e. The van der Waals surface area contributed by atoms with Crippen LogP contribution in [0.25, 0.3) is 0 Å². The standard InChI is InChI=1S/C13H14N2O7S3/c16-11-8-9(25(19,20)21)13(18)15(11)22-12(17)5-3-7-23-24-10-4-1-2-6-14-10/h1-2,4,6,9H,3,5,7-8H2,(H,19,20,21). The zero-order chi connectivity index (χ0) is 18.4. The molecule has 1 fully saturated rings. The summed E-state index contributed by atoms with van der Waals surface area (Å²) in [6.07, 6.45) is 1.30. The van der Waals surface area contributed by atoms with Gasteiger partial charge in [-0.25, -0.2) is 9.78 Å². The Morgan fingerprint density at radius 1 is 1.40 bits per heavy atom. The second kappa shape index (κ2) is 8.65. The lowest BCUT2D eigenvalue weighted by Gasteiger charge is -2.13. The molecule has 2 rings (SSSR count). The molecule has 2 heterocycles. The third kappa shape index (κ3) is 5.70. The highest BCUT2D eigenvalue weighted by Crippen LogP contribution is 2.29. The smallest absolute Gasteiger partial charge is 0.330 e. The number of nitrogens with zero attached hydrogens (tertiary/aromatic N) is 2. The molecule has 0 spiro atoms. The van der Waals surface area contributed by atoms with Crippen LogP contribution in [0.15, 0.2) is 29.4 Å². The van der Waals surface area contributed by atoms with Crippen LogP contribution in [-0.2, 0) is 29.3 Å². The third-order valence-corrected chi connectivity index (χ3v) is 6.44. The molecule has 2 amide bonds. The summed E-state index contributed by atoms with van der Waals surface area (Å²) in [5, 5.41) is -0.978. The molecule has 1 unspecified atom stereocenters. The highest BCUT2D eigenvalue weighted by Gasteiger charge is 2.48. The Balaban J connectivity index is 1.71. The van der Waals surface area contributed by atoms with E-state index in [1.807, 2.05) is 12.1 Å². The van der Waals surface area contributed by atoms with Gasteiger partial charge in [-0.05, 0) is 29.3 Å². The van der Waals surface area contributed by atoms with Gasteiger partial charge >= 0.3 is 5.97 Å². The molecule has 0 aromatic carbocycles. The number of carbonyl (C=O) groups excluding carboxylic acids is 3. The van der Waals surface area contributed by atoms with E-state index in [0.717, 1.165) is 5.03 Å². The van der Waals surface area contributed by atoms with Crippen LogP contribution in [-0.4, -0.2) is 51.8 Å². The van der Waals surface area contributed by atoms with E-state index in [-0.39, 0.29) is 11.5 Å². The Hall–Kier alpha value is -1.63. The third-order valence-electron chi connectivity index (χ3n) is 3.01. The number of aromatic nitrogens is 1. The van der Waals surface area contributed by atoms with Crippen LogP contribution in [0.5, 0.6) is 0 Å². The summed E-state index contributed by atoms with van der Waals surface area (Å²) in [6, 6.07) is 5.51. The van der Waals surface area contributed by atoms with E-state index < -0.39 is 39.6 Å². The maximum Gasteiger partial charge on any atom is 0.333 e. The average Bonchev–Trinajstić information content (AvgIpc) is 2.84. The van der Waals surface area contributed by atoms with E-state index in [1.165, 1.54) is 21.6 Å². The van der Waals surface area contributed by atoms with Crippen molar-refractivity contribution in [2.24, 2.45) is 0 Å². The van der Waals surface area contributed by atoms with Gasteiger partial charge in [0.05, 0.1) is 6.42 Å². The molecule has 136 valence electrons. The van der Waals surface area contributed by atoms with Crippen molar-refractivity contribution in [1.82, 2.24) is 10.0 Å². The molecule has 1 aromatic rings. The first-order valence-corrected chi connectivity index (χ1v) is 10.9. The number of pyridine rings is 1. The first-order chi connectivity index (χ1) is 11.8. The summed E-state index contributed by atoms with van der Waals surface area (Å²) >= 11 is 0. The molecule has 1 saturated heterocycles. The molecule has 0 bridgehead atoms. The Labute approximate surface area is 151 Å². The first kappa shape index (κ1) is 19.7. The van der Waals surface area contributed by atoms with E-state index in [4.69, 9.17) is 4.55 Å². The summed E-state index contributed by atoms with van der Waals surface area (Å²) in [6.45, 7) is 0. The molecule has 1 atom stereocenters. The number of hydrogen-bond acceptors (Lipinski definition) is 9. The molecule has 0 aliphatic carbocycles. The topological polar surface area (TPSA) is 131 Å². The fourth-order valence-corrected chi connectivity index (χ4v) is 4.50. The van der Waals surface area contributed by atoms with Crippen LogP contribution >= 0.6 is 21.6 Å². The molecule has 12 heteroatoms. The van der Waals surface area contributed by atoms with Crippen molar-refractivity contribution < 1.29 is 32.2 Å². The Bertz CT molecular complexity index is 754. The fraction of sp³-hybridized carbons (Fsp3) is 0.385. The van der Waals surface area contributed by atoms with E-state index >= 15 is 0 Å². The highest BCUT2D eigenvalue weighted by molar-refractivity contribution is 8.76. The van der Waals surface area contributed by atoms with Gasteiger partial charge in [0, 0.05) is 18.4 Å². The predicted molar refractivity (Wildman–Crippen MR) is 89.7 cm³/mol. The van der Waals surface area contributed by atoms with Crippen molar-refractivity contribution in [3.8, 4) is 0 Å². The van der Waals surface area contributed by atoms with E-state index in [9.17, 15) is 22.8 Å². The zero-order valence-electron chi connectivity index (χ0n) is 12.7. The Morgan fingerprint density at radius 2 is 2.16 bits per heavy atom. The number of hydrogen-bond donors (Lipinski definition) is 1. The summed E-state index contributed by atoms with van der Waals surface area (Å²) in [5.74, 6) is -2.48. The molecule has 25 heavy (non-hydrogen) atoms. The van der Waals surface area contributed by atoms with Crippen molar-refractivity contribution in [2.75, 3.05) is 5.75 Å². The molecule has 0 saturated carbocycles. The van der Waals surface area contributed by atoms with Gasteiger partial charge in [-0.3, -0.25) is 14.1 Å². The number of imide groups is 1. The van der Waals surface area contributed by atoms with Crippen LogP contribution in [0.3, 0.4) is 0 Å². The molecular weight excluding hydrogens is 392 g/mol. The maximum absolute atomic E-state index is 11.7. The van der Waals surface area contributed by atoms with Gasteiger partial charge in [0.25, 0.3) is 21.9 Å². The fourth-order valence-electron chi connectivity index (χ4n) is 1.83. The molecule has 1 aliphatic rings. The lowest BCUT2D eigenvalue weighted by atomic mass is 10.3. The molecule has 1 N–H and O–H groups in total. The molecule has 0 radical (unpaired) electrons. The van der Waals surface area contributed by atoms with Crippen molar-refractivity contribution >= 4 is 49.5 Å². The highest BCUT2D eigenvalue weighted by atomic mass is 33.1. The number of amides is 2. The van der Waals surface area contributed by atoms with Crippen LogP contribution in [0.4, 0.5) is 0 Å². The summed E-state index contributed by atoms with van der Waals surface area (Å²) in [5.41, 5.74) is 0. The zero-order valence-corrected chi connectivity index (χ0v) is 15.2. The number of carbonyl (C=O) groups is 3. The van der Waals surface area contributed by atoms with Crippen LogP contribution in [0.1, 0.15) is 19.3 Å². The number of rotatable bonds is 8. The SMILES string of the molecule is O=C(CCCSSc1ccccn1)ON1C(=O)CC(S(=O)(=O)O)C1=O. The first-order valence-electron chi connectivity index (χ1n) is 7.03. The summed E-state index contributed by atoms with van der Waals surface area (Å²) in [4.78, 5) is 43.7. The maximum atomic E-state index is 11.7. The van der Waals surface area contributed by atoms with Gasteiger partial charge in [0.2, 0.25) is 0 Å². The minimum absolute atomic E-state index is 0.0522. The van der Waals surface area contributed by atoms with Gasteiger partial charge in [-0.1, -0.05) is 16.9 Å². The second-order valence-corrected chi connectivity index (χ2v) is 8.91.